The van der Waals surface area contributed by atoms with Crippen molar-refractivity contribution in [2.75, 3.05) is 19.0 Å². The van der Waals surface area contributed by atoms with E-state index in [2.05, 4.69) is 10.4 Å². The number of amides is 2. The lowest BCUT2D eigenvalue weighted by Crippen LogP contribution is -2.45. The highest BCUT2D eigenvalue weighted by atomic mass is 19.3. The molecule has 1 fully saturated rings. The molecule has 2 aliphatic rings. The van der Waals surface area contributed by atoms with Crippen LogP contribution in [0.5, 0.6) is 11.5 Å². The van der Waals surface area contributed by atoms with Gasteiger partial charge < -0.3 is 14.4 Å². The number of rotatable bonds is 3. The van der Waals surface area contributed by atoms with Crippen LogP contribution in [0.15, 0.2) is 30.5 Å². The molecule has 0 spiro atoms. The fourth-order valence-electron chi connectivity index (χ4n) is 3.40. The predicted octanol–water partition coefficient (Wildman–Crippen LogP) is 3.68. The zero-order valence-electron chi connectivity index (χ0n) is 15.9. The van der Waals surface area contributed by atoms with E-state index in [0.29, 0.717) is 24.6 Å². The van der Waals surface area contributed by atoms with Crippen LogP contribution >= 0.6 is 0 Å². The summed E-state index contributed by atoms with van der Waals surface area (Å²) < 4.78 is 39.3. The van der Waals surface area contributed by atoms with Crippen LogP contribution in [0.25, 0.3) is 0 Å². The predicted molar refractivity (Wildman–Crippen MR) is 98.0 cm³/mol. The molecule has 1 aromatic heterocycles. The lowest BCUT2D eigenvalue weighted by atomic mass is 10.1. The van der Waals surface area contributed by atoms with E-state index in [-0.39, 0.29) is 12.2 Å². The number of hydrogen-bond acceptors (Lipinski definition) is 4. The Kier molecular flexibility index (Phi) is 4.20. The Labute approximate surface area is 161 Å². The molecular weight excluding hydrogens is 370 g/mol. The molecule has 2 aromatic rings. The van der Waals surface area contributed by atoms with E-state index in [1.54, 1.807) is 24.1 Å². The number of carbonyl (C=O) groups is 1. The summed E-state index contributed by atoms with van der Waals surface area (Å²) >= 11 is 0. The molecule has 1 N–H and O–H groups in total. The molecule has 1 unspecified atom stereocenters. The second-order valence-corrected chi connectivity index (χ2v) is 7.76. The first-order valence-corrected chi connectivity index (χ1v) is 9.02. The summed E-state index contributed by atoms with van der Waals surface area (Å²) in [7, 11) is 1.58. The van der Waals surface area contributed by atoms with Crippen LogP contribution in [-0.2, 0) is 6.54 Å². The second-order valence-electron chi connectivity index (χ2n) is 7.76. The molecule has 4 rings (SSSR count). The van der Waals surface area contributed by atoms with Gasteiger partial charge in [0.1, 0.15) is 29.0 Å². The maximum absolute atomic E-state index is 13.4. The molecule has 28 heavy (non-hydrogen) atoms. The van der Waals surface area contributed by atoms with Crippen LogP contribution in [0.2, 0.25) is 0 Å². The van der Waals surface area contributed by atoms with Gasteiger partial charge in [0, 0.05) is 24.1 Å². The Hall–Kier alpha value is -2.84. The minimum Gasteiger partial charge on any atom is -0.497 e. The average molecular weight is 392 g/mol. The number of alkyl halides is 2. The third kappa shape index (κ3) is 3.48. The van der Waals surface area contributed by atoms with Crippen molar-refractivity contribution < 1.29 is 23.0 Å². The molecule has 7 nitrogen and oxygen atoms in total. The summed E-state index contributed by atoms with van der Waals surface area (Å²) in [6.07, 6.45) is 1.14. The van der Waals surface area contributed by atoms with Crippen molar-refractivity contribution in [3.63, 3.8) is 0 Å². The van der Waals surface area contributed by atoms with Gasteiger partial charge in [-0.3, -0.25) is 5.32 Å². The lowest BCUT2D eigenvalue weighted by molar-refractivity contribution is 0.0832. The lowest BCUT2D eigenvalue weighted by Gasteiger charge is -2.29. The van der Waals surface area contributed by atoms with E-state index in [4.69, 9.17) is 9.47 Å². The molecule has 1 aromatic carbocycles. The van der Waals surface area contributed by atoms with Crippen LogP contribution in [0.3, 0.4) is 0 Å². The highest BCUT2D eigenvalue weighted by Crippen LogP contribution is 2.53. The summed E-state index contributed by atoms with van der Waals surface area (Å²) in [6, 6.07) is 5.57. The summed E-state index contributed by atoms with van der Waals surface area (Å²) in [5.74, 6) is -1.20. The molecule has 2 amide bonds. The van der Waals surface area contributed by atoms with Crippen molar-refractivity contribution in [2.24, 2.45) is 0 Å². The second kappa shape index (κ2) is 6.35. The highest BCUT2D eigenvalue weighted by Gasteiger charge is 2.59. The Morgan fingerprint density at radius 1 is 1.36 bits per heavy atom. The number of anilines is 1. The Morgan fingerprint density at radius 2 is 2.11 bits per heavy atom. The standard InChI is InChI=1S/C19H22F2N4O3/c1-18(2)11-24(10-12-4-5-13(27-3)8-14(12)28-18)17(26)23-16-6-7-22-25(16)15-9-19(15,20)21/h4-8,15H,9-11H2,1-3H3,(H,23,26). The molecule has 2 heterocycles. The summed E-state index contributed by atoms with van der Waals surface area (Å²) in [5.41, 5.74) is 0.197. The normalized spacial score (nSPS) is 21.9. The van der Waals surface area contributed by atoms with Crippen molar-refractivity contribution >= 4 is 11.8 Å². The molecule has 1 atom stereocenters. The molecular formula is C19H22F2N4O3. The van der Waals surface area contributed by atoms with E-state index in [1.807, 2.05) is 19.9 Å². The van der Waals surface area contributed by atoms with Gasteiger partial charge in [-0.15, -0.1) is 0 Å². The topological polar surface area (TPSA) is 68.6 Å². The van der Waals surface area contributed by atoms with Crippen LogP contribution in [0.4, 0.5) is 19.4 Å². The molecule has 1 saturated carbocycles. The minimum atomic E-state index is -2.78. The maximum Gasteiger partial charge on any atom is 0.323 e. The van der Waals surface area contributed by atoms with E-state index in [0.717, 1.165) is 5.56 Å². The Balaban J connectivity index is 1.55. The largest absolute Gasteiger partial charge is 0.497 e. The molecule has 0 bridgehead atoms. The van der Waals surface area contributed by atoms with Gasteiger partial charge in [0.2, 0.25) is 0 Å². The van der Waals surface area contributed by atoms with Gasteiger partial charge in [0.05, 0.1) is 26.4 Å². The highest BCUT2D eigenvalue weighted by molar-refractivity contribution is 5.88. The van der Waals surface area contributed by atoms with Crippen LogP contribution in [0.1, 0.15) is 31.9 Å². The smallest absolute Gasteiger partial charge is 0.323 e. The van der Waals surface area contributed by atoms with E-state index < -0.39 is 23.6 Å². The number of fused-ring (bicyclic) bond motifs is 1. The van der Waals surface area contributed by atoms with Gasteiger partial charge in [0.25, 0.3) is 5.92 Å². The van der Waals surface area contributed by atoms with Crippen molar-refractivity contribution in [3.05, 3.63) is 36.0 Å². The SMILES string of the molecule is COc1ccc2c(c1)OC(C)(C)CN(C(=O)Nc1ccnn1C1CC1(F)F)C2. The van der Waals surface area contributed by atoms with Gasteiger partial charge in [-0.1, -0.05) is 0 Å². The number of methoxy groups -OCH3 is 1. The fraction of sp³-hybridized carbons (Fsp3) is 0.474. The Bertz CT molecular complexity index is 912. The van der Waals surface area contributed by atoms with Crippen molar-refractivity contribution in [2.45, 2.75) is 44.4 Å². The van der Waals surface area contributed by atoms with Gasteiger partial charge in [-0.05, 0) is 26.0 Å². The van der Waals surface area contributed by atoms with Crippen LogP contribution in [-0.4, -0.2) is 45.9 Å². The van der Waals surface area contributed by atoms with Crippen molar-refractivity contribution in [1.29, 1.82) is 0 Å². The molecule has 150 valence electrons. The number of nitrogens with one attached hydrogen (secondary N) is 1. The van der Waals surface area contributed by atoms with Gasteiger partial charge in [-0.25, -0.2) is 18.3 Å². The average Bonchev–Trinajstić information content (AvgIpc) is 3.06. The summed E-state index contributed by atoms with van der Waals surface area (Å²) in [5, 5.41) is 6.65. The molecule has 1 aliphatic carbocycles. The third-order valence-electron chi connectivity index (χ3n) is 4.87. The molecule has 9 heteroatoms. The zero-order chi connectivity index (χ0) is 20.1. The number of carbonyl (C=O) groups excluding carboxylic acids is 1. The first-order valence-electron chi connectivity index (χ1n) is 9.02. The minimum absolute atomic E-state index is 0.255. The zero-order valence-corrected chi connectivity index (χ0v) is 15.9. The first kappa shape index (κ1) is 18.5. The quantitative estimate of drug-likeness (QED) is 0.865. The molecule has 0 saturated heterocycles. The number of hydrogen-bond donors (Lipinski definition) is 1. The summed E-state index contributed by atoms with van der Waals surface area (Å²) in [4.78, 5) is 14.5. The Morgan fingerprint density at radius 3 is 2.79 bits per heavy atom. The van der Waals surface area contributed by atoms with Crippen LogP contribution < -0.4 is 14.8 Å². The summed E-state index contributed by atoms with van der Waals surface area (Å²) in [6.45, 7) is 4.42. The number of nitrogens with zero attached hydrogens (tertiary/aromatic N) is 3. The van der Waals surface area contributed by atoms with Gasteiger partial charge in [-0.2, -0.15) is 5.10 Å². The van der Waals surface area contributed by atoms with E-state index in [9.17, 15) is 13.6 Å². The molecule has 0 radical (unpaired) electrons. The van der Waals surface area contributed by atoms with E-state index >= 15 is 0 Å². The number of ether oxygens (including phenoxy) is 2. The van der Waals surface area contributed by atoms with Crippen LogP contribution in [0, 0.1) is 0 Å². The number of benzene rings is 1. The monoisotopic (exact) mass is 392 g/mol. The number of aromatic nitrogens is 2. The first-order chi connectivity index (χ1) is 13.2. The van der Waals surface area contributed by atoms with Gasteiger partial charge in [0.15, 0.2) is 0 Å². The molecule has 1 aliphatic heterocycles. The van der Waals surface area contributed by atoms with Crippen molar-refractivity contribution in [1.82, 2.24) is 14.7 Å². The van der Waals surface area contributed by atoms with E-state index in [1.165, 1.54) is 16.9 Å². The number of halogens is 2. The van der Waals surface area contributed by atoms with Gasteiger partial charge >= 0.3 is 6.03 Å². The number of urea groups is 1. The third-order valence-corrected chi connectivity index (χ3v) is 4.87. The fourth-order valence-corrected chi connectivity index (χ4v) is 3.40. The van der Waals surface area contributed by atoms with Crippen molar-refractivity contribution in [3.8, 4) is 11.5 Å². The maximum atomic E-state index is 13.4.